The maximum Gasteiger partial charge on any atom is 0.242 e. The number of sulfonamides is 1. The zero-order valence-corrected chi connectivity index (χ0v) is 11.9. The maximum absolute atomic E-state index is 13.1. The van der Waals surface area contributed by atoms with Crippen molar-refractivity contribution in [2.45, 2.75) is 48.6 Å². The summed E-state index contributed by atoms with van der Waals surface area (Å²) in [5.74, 6) is -0.645. The predicted octanol–water partition coefficient (Wildman–Crippen LogP) is 1.17. The largest absolute Gasteiger partial charge is 0.311 e. The van der Waals surface area contributed by atoms with Crippen LogP contribution in [0.25, 0.3) is 0 Å². The van der Waals surface area contributed by atoms with Crippen LogP contribution in [0.5, 0.6) is 0 Å². The fraction of sp³-hybridized carbons (Fsp3) is 0.615. The lowest BCUT2D eigenvalue weighted by Crippen LogP contribution is -2.59. The molecule has 2 N–H and O–H groups in total. The van der Waals surface area contributed by atoms with Crippen molar-refractivity contribution in [2.24, 2.45) is 0 Å². The fourth-order valence-corrected chi connectivity index (χ4v) is 4.31. The van der Waals surface area contributed by atoms with E-state index in [1.165, 1.54) is 12.6 Å². The van der Waals surface area contributed by atoms with Gasteiger partial charge in [-0.05, 0) is 44.7 Å². The third-order valence-electron chi connectivity index (χ3n) is 4.25. The first-order valence-electron chi connectivity index (χ1n) is 6.87. The second kappa shape index (κ2) is 5.05. The van der Waals surface area contributed by atoms with Crippen molar-refractivity contribution < 1.29 is 12.8 Å². The first kappa shape index (κ1) is 13.9. The Hall–Kier alpha value is -1.05. The summed E-state index contributed by atoms with van der Waals surface area (Å²) in [6.45, 7) is 0.814. The number of rotatable bonds is 3. The summed E-state index contributed by atoms with van der Waals surface area (Å²) in [7, 11) is -3.70. The molecule has 7 heteroatoms. The van der Waals surface area contributed by atoms with Crippen LogP contribution >= 0.6 is 0 Å². The molecule has 5 nitrogen and oxygen atoms in total. The van der Waals surface area contributed by atoms with Gasteiger partial charge in [-0.3, -0.25) is 4.98 Å². The van der Waals surface area contributed by atoms with Crippen molar-refractivity contribution in [3.05, 3.63) is 24.3 Å². The minimum absolute atomic E-state index is 0.0928. The maximum atomic E-state index is 13.1. The Kier molecular flexibility index (Phi) is 3.51. The van der Waals surface area contributed by atoms with E-state index < -0.39 is 15.8 Å². The number of piperidine rings is 1. The summed E-state index contributed by atoms with van der Waals surface area (Å²) >= 11 is 0. The number of nitrogens with one attached hydrogen (secondary N) is 2. The van der Waals surface area contributed by atoms with Crippen LogP contribution < -0.4 is 10.0 Å². The molecule has 2 fully saturated rings. The van der Waals surface area contributed by atoms with E-state index in [4.69, 9.17) is 0 Å². The molecule has 0 bridgehead atoms. The molecule has 1 unspecified atom stereocenters. The Bertz CT molecular complexity index is 601. The molecule has 1 aromatic heterocycles. The van der Waals surface area contributed by atoms with Crippen LogP contribution in [0, 0.1) is 5.82 Å². The van der Waals surface area contributed by atoms with Gasteiger partial charge in [-0.1, -0.05) is 0 Å². The summed E-state index contributed by atoms with van der Waals surface area (Å²) < 4.78 is 40.2. The van der Waals surface area contributed by atoms with Gasteiger partial charge in [-0.25, -0.2) is 17.5 Å². The number of pyridine rings is 1. The summed E-state index contributed by atoms with van der Waals surface area (Å²) in [5, 5.41) is 3.49. The van der Waals surface area contributed by atoms with Gasteiger partial charge in [0.1, 0.15) is 10.7 Å². The van der Waals surface area contributed by atoms with Crippen molar-refractivity contribution >= 4 is 10.0 Å². The summed E-state index contributed by atoms with van der Waals surface area (Å²) in [6, 6.07) is 0.903. The lowest BCUT2D eigenvalue weighted by atomic mass is 9.70. The molecule has 110 valence electrons. The van der Waals surface area contributed by atoms with Gasteiger partial charge < -0.3 is 5.32 Å². The minimum atomic E-state index is -3.70. The normalized spacial score (nSPS) is 25.4. The van der Waals surface area contributed by atoms with Crippen molar-refractivity contribution in [3.63, 3.8) is 0 Å². The van der Waals surface area contributed by atoms with E-state index in [1.54, 1.807) is 0 Å². The SMILES string of the molecule is O=S(=O)(NC1CCNC2(CCC2)C1)c1cncc(F)c1. The number of halogens is 1. The van der Waals surface area contributed by atoms with Crippen LogP contribution in [0.15, 0.2) is 23.4 Å². The highest BCUT2D eigenvalue weighted by Gasteiger charge is 2.41. The molecule has 3 rings (SSSR count). The van der Waals surface area contributed by atoms with Gasteiger partial charge in [0, 0.05) is 17.8 Å². The number of hydrogen-bond donors (Lipinski definition) is 2. The van der Waals surface area contributed by atoms with Crippen LogP contribution in [0.2, 0.25) is 0 Å². The van der Waals surface area contributed by atoms with Crippen molar-refractivity contribution in [1.29, 1.82) is 0 Å². The lowest BCUT2D eigenvalue weighted by molar-refractivity contribution is 0.126. The Morgan fingerprint density at radius 2 is 2.20 bits per heavy atom. The number of nitrogens with zero attached hydrogens (tertiary/aromatic N) is 1. The number of hydrogen-bond acceptors (Lipinski definition) is 4. The van der Waals surface area contributed by atoms with Crippen LogP contribution in [-0.4, -0.2) is 31.5 Å². The second-order valence-electron chi connectivity index (χ2n) is 5.71. The van der Waals surface area contributed by atoms with Gasteiger partial charge >= 0.3 is 0 Å². The zero-order valence-electron chi connectivity index (χ0n) is 11.1. The molecule has 0 amide bonds. The Morgan fingerprint density at radius 1 is 1.40 bits per heavy atom. The first-order valence-corrected chi connectivity index (χ1v) is 8.35. The van der Waals surface area contributed by atoms with Gasteiger partial charge in [0.25, 0.3) is 0 Å². The van der Waals surface area contributed by atoms with Gasteiger partial charge in [-0.15, -0.1) is 0 Å². The quantitative estimate of drug-likeness (QED) is 0.879. The molecule has 20 heavy (non-hydrogen) atoms. The molecule has 1 saturated carbocycles. The summed E-state index contributed by atoms with van der Waals surface area (Å²) in [5.41, 5.74) is 0.117. The topological polar surface area (TPSA) is 71.1 Å². The average Bonchev–Trinajstić information content (AvgIpc) is 2.37. The molecule has 2 heterocycles. The monoisotopic (exact) mass is 299 g/mol. The van der Waals surface area contributed by atoms with Gasteiger partial charge in [0.2, 0.25) is 10.0 Å². The minimum Gasteiger partial charge on any atom is -0.311 e. The van der Waals surface area contributed by atoms with Crippen molar-refractivity contribution in [2.75, 3.05) is 6.54 Å². The van der Waals surface area contributed by atoms with Crippen molar-refractivity contribution in [3.8, 4) is 0 Å². The van der Waals surface area contributed by atoms with Crippen LogP contribution in [-0.2, 0) is 10.0 Å². The van der Waals surface area contributed by atoms with Crippen molar-refractivity contribution in [1.82, 2.24) is 15.0 Å². The molecule has 1 aliphatic carbocycles. The smallest absolute Gasteiger partial charge is 0.242 e. The third kappa shape index (κ3) is 2.70. The van der Waals surface area contributed by atoms with E-state index in [9.17, 15) is 12.8 Å². The van der Waals surface area contributed by atoms with E-state index >= 15 is 0 Å². The van der Waals surface area contributed by atoms with E-state index in [0.717, 1.165) is 44.5 Å². The van der Waals surface area contributed by atoms with E-state index in [1.807, 2.05) is 0 Å². The first-order chi connectivity index (χ1) is 9.49. The predicted molar refractivity (Wildman–Crippen MR) is 72.1 cm³/mol. The lowest BCUT2D eigenvalue weighted by Gasteiger charge is -2.48. The Balaban J connectivity index is 1.73. The summed E-state index contributed by atoms with van der Waals surface area (Å²) in [4.78, 5) is 3.48. The third-order valence-corrected chi connectivity index (χ3v) is 5.74. The molecule has 1 saturated heterocycles. The van der Waals surface area contributed by atoms with Gasteiger partial charge in [0.15, 0.2) is 0 Å². The van der Waals surface area contributed by atoms with Gasteiger partial charge in [0.05, 0.1) is 6.20 Å². The second-order valence-corrected chi connectivity index (χ2v) is 7.42. The molecule has 1 aromatic rings. The highest BCUT2D eigenvalue weighted by atomic mass is 32.2. The Labute approximate surface area is 118 Å². The molecule has 0 radical (unpaired) electrons. The molecule has 1 aliphatic heterocycles. The number of aromatic nitrogens is 1. The van der Waals surface area contributed by atoms with Crippen LogP contribution in [0.4, 0.5) is 4.39 Å². The van der Waals surface area contributed by atoms with Crippen LogP contribution in [0.3, 0.4) is 0 Å². The zero-order chi connectivity index (χ0) is 14.2. The standard InChI is InChI=1S/C13H18FN3O2S/c14-10-6-12(9-15-8-10)20(18,19)17-11-2-5-16-13(7-11)3-1-4-13/h6,8-9,11,16-17H,1-5,7H2. The highest BCUT2D eigenvalue weighted by molar-refractivity contribution is 7.89. The molecule has 1 atom stereocenters. The molecular formula is C13H18FN3O2S. The van der Waals surface area contributed by atoms with Crippen LogP contribution in [0.1, 0.15) is 32.1 Å². The molecule has 1 spiro atoms. The molecule has 0 aromatic carbocycles. The Morgan fingerprint density at radius 3 is 2.85 bits per heavy atom. The average molecular weight is 299 g/mol. The van der Waals surface area contributed by atoms with Gasteiger partial charge in [-0.2, -0.15) is 0 Å². The van der Waals surface area contributed by atoms with E-state index in [0.29, 0.717) is 0 Å². The van der Waals surface area contributed by atoms with E-state index in [2.05, 4.69) is 15.0 Å². The fourth-order valence-electron chi connectivity index (χ4n) is 3.07. The highest BCUT2D eigenvalue weighted by Crippen LogP contribution is 2.38. The molecular weight excluding hydrogens is 281 g/mol. The molecule has 2 aliphatic rings. The summed E-state index contributed by atoms with van der Waals surface area (Å²) in [6.07, 6.45) is 7.12. The van der Waals surface area contributed by atoms with E-state index in [-0.39, 0.29) is 16.5 Å².